The maximum atomic E-state index is 12.0. The Morgan fingerprint density at radius 1 is 1.00 bits per heavy atom. The molecule has 2 aliphatic heterocycles. The van der Waals surface area contributed by atoms with E-state index in [0.29, 0.717) is 5.03 Å². The van der Waals surface area contributed by atoms with Crippen molar-refractivity contribution < 1.29 is 9.00 Å². The molecule has 1 amide bonds. The molecule has 28 heavy (non-hydrogen) atoms. The number of anilines is 1. The fourth-order valence-electron chi connectivity index (χ4n) is 3.78. The van der Waals surface area contributed by atoms with Gasteiger partial charge in [0, 0.05) is 36.3 Å². The lowest BCUT2D eigenvalue weighted by Gasteiger charge is -2.28. The van der Waals surface area contributed by atoms with Crippen molar-refractivity contribution in [2.75, 3.05) is 18.0 Å². The Morgan fingerprint density at radius 2 is 1.86 bits per heavy atom. The highest BCUT2D eigenvalue weighted by molar-refractivity contribution is 7.93. The molecule has 7 nitrogen and oxygen atoms in total. The summed E-state index contributed by atoms with van der Waals surface area (Å²) >= 11 is 0. The van der Waals surface area contributed by atoms with Crippen LogP contribution >= 0.6 is 0 Å². The van der Waals surface area contributed by atoms with Gasteiger partial charge >= 0.3 is 0 Å². The molecule has 2 aliphatic rings. The number of hydrogen-bond donors (Lipinski definition) is 1. The molecule has 2 aromatic heterocycles. The quantitative estimate of drug-likeness (QED) is 0.740. The Hall–Kier alpha value is -3.00. The average Bonchev–Trinajstić information content (AvgIpc) is 3.30. The zero-order chi connectivity index (χ0) is 19.1. The minimum Gasteiger partial charge on any atom is -0.370 e. The molecule has 0 spiro atoms. The van der Waals surface area contributed by atoms with Crippen LogP contribution in [-0.2, 0) is 15.8 Å². The molecule has 4 heterocycles. The summed E-state index contributed by atoms with van der Waals surface area (Å²) in [5, 5.41) is 5.59. The van der Waals surface area contributed by atoms with E-state index in [1.807, 2.05) is 30.6 Å². The Morgan fingerprint density at radius 3 is 2.64 bits per heavy atom. The number of hydrogen-bond acceptors (Lipinski definition) is 5. The number of carbonyl (C=O) groups is 1. The number of amides is 1. The third kappa shape index (κ3) is 2.99. The molecular formula is C20H19N5O2S. The van der Waals surface area contributed by atoms with Gasteiger partial charge in [0.25, 0.3) is 5.91 Å². The van der Waals surface area contributed by atoms with Gasteiger partial charge in [0.2, 0.25) is 0 Å². The van der Waals surface area contributed by atoms with Gasteiger partial charge < -0.3 is 4.90 Å². The largest absolute Gasteiger partial charge is 0.370 e. The van der Waals surface area contributed by atoms with E-state index in [9.17, 15) is 9.00 Å². The van der Waals surface area contributed by atoms with Crippen LogP contribution in [0.25, 0.3) is 27.1 Å². The number of rotatable bonds is 3. The standard InChI is InChI=1S/C20H19N5O2S/c26-19-10-20(28(27)23-19)25-18-5-4-14(8-16(18)12-22-25)15-9-17(13-21-11-15)24-6-2-1-3-7-24/h4-5,8-13H,1-3,6-7H2,(H,23,26). The topological polar surface area (TPSA) is 80.1 Å². The molecule has 0 aliphatic carbocycles. The lowest BCUT2D eigenvalue weighted by Crippen LogP contribution is -2.29. The molecule has 0 saturated carbocycles. The van der Waals surface area contributed by atoms with Crippen molar-refractivity contribution in [3.8, 4) is 11.1 Å². The number of nitrogens with one attached hydrogen (secondary N) is 1. The van der Waals surface area contributed by atoms with Crippen LogP contribution in [-0.4, -0.2) is 38.0 Å². The molecule has 1 fully saturated rings. The smallest absolute Gasteiger partial charge is 0.258 e. The van der Waals surface area contributed by atoms with E-state index in [4.69, 9.17) is 0 Å². The highest BCUT2D eigenvalue weighted by atomic mass is 32.2. The number of piperidine rings is 1. The molecule has 142 valence electrons. The van der Waals surface area contributed by atoms with Gasteiger partial charge in [-0.05, 0) is 43.0 Å². The third-order valence-electron chi connectivity index (χ3n) is 5.19. The SMILES string of the molecule is O=C1C=C(n2ncc3cc(-c4cncc(N5CCCCC5)c4)ccc32)S(=O)N1. The fourth-order valence-corrected chi connectivity index (χ4v) is 4.64. The van der Waals surface area contributed by atoms with E-state index >= 15 is 0 Å². The lowest BCUT2D eigenvalue weighted by atomic mass is 10.0. The van der Waals surface area contributed by atoms with Crippen LogP contribution in [0, 0.1) is 0 Å². The predicted molar refractivity (Wildman–Crippen MR) is 110 cm³/mol. The van der Waals surface area contributed by atoms with Crippen LogP contribution in [0.3, 0.4) is 0 Å². The normalized spacial score (nSPS) is 19.7. The minimum atomic E-state index is -1.58. The summed E-state index contributed by atoms with van der Waals surface area (Å²) in [5.74, 6) is -0.366. The molecule has 1 aromatic carbocycles. The van der Waals surface area contributed by atoms with Crippen molar-refractivity contribution in [3.63, 3.8) is 0 Å². The maximum absolute atomic E-state index is 12.0. The van der Waals surface area contributed by atoms with Gasteiger partial charge in [-0.1, -0.05) is 6.07 Å². The Balaban J connectivity index is 1.50. The number of benzene rings is 1. The fraction of sp³-hybridized carbons (Fsp3) is 0.250. The van der Waals surface area contributed by atoms with Crippen molar-refractivity contribution in [1.82, 2.24) is 19.5 Å². The second-order valence-corrected chi connectivity index (χ2v) is 8.19. The van der Waals surface area contributed by atoms with Gasteiger partial charge in [-0.15, -0.1) is 0 Å². The zero-order valence-electron chi connectivity index (χ0n) is 15.2. The van der Waals surface area contributed by atoms with E-state index in [1.54, 1.807) is 10.9 Å². The van der Waals surface area contributed by atoms with Crippen molar-refractivity contribution in [2.24, 2.45) is 0 Å². The number of pyridine rings is 1. The molecule has 1 saturated heterocycles. The number of nitrogens with zero attached hydrogens (tertiary/aromatic N) is 4. The first-order valence-corrected chi connectivity index (χ1v) is 10.5. The van der Waals surface area contributed by atoms with Gasteiger partial charge in [-0.25, -0.2) is 8.89 Å². The molecule has 1 N–H and O–H groups in total. The first-order chi connectivity index (χ1) is 13.7. The average molecular weight is 393 g/mol. The first kappa shape index (κ1) is 17.1. The van der Waals surface area contributed by atoms with Crippen LogP contribution in [0.1, 0.15) is 19.3 Å². The summed E-state index contributed by atoms with van der Waals surface area (Å²) in [6.45, 7) is 2.16. The van der Waals surface area contributed by atoms with E-state index in [0.717, 1.165) is 40.8 Å². The van der Waals surface area contributed by atoms with Gasteiger partial charge in [0.1, 0.15) is 0 Å². The van der Waals surface area contributed by atoms with Crippen molar-refractivity contribution in [1.29, 1.82) is 0 Å². The molecule has 1 unspecified atom stereocenters. The molecule has 0 bridgehead atoms. The summed E-state index contributed by atoms with van der Waals surface area (Å²) < 4.78 is 16.0. The number of carbonyl (C=O) groups excluding carboxylic acids is 1. The van der Waals surface area contributed by atoms with Gasteiger partial charge in [-0.3, -0.25) is 14.5 Å². The van der Waals surface area contributed by atoms with Crippen LogP contribution in [0.4, 0.5) is 5.69 Å². The summed E-state index contributed by atoms with van der Waals surface area (Å²) in [7, 11) is -1.58. The van der Waals surface area contributed by atoms with E-state index in [2.05, 4.69) is 25.8 Å². The van der Waals surface area contributed by atoms with Crippen LogP contribution in [0.5, 0.6) is 0 Å². The summed E-state index contributed by atoms with van der Waals surface area (Å²) in [4.78, 5) is 18.3. The summed E-state index contributed by atoms with van der Waals surface area (Å²) in [5.41, 5.74) is 4.07. The second-order valence-electron chi connectivity index (χ2n) is 7.03. The summed E-state index contributed by atoms with van der Waals surface area (Å²) in [6.07, 6.45) is 10.6. The van der Waals surface area contributed by atoms with Gasteiger partial charge in [-0.2, -0.15) is 5.10 Å². The Kier molecular flexibility index (Phi) is 4.20. The first-order valence-electron chi connectivity index (χ1n) is 9.32. The second kappa shape index (κ2) is 6.87. The Bertz CT molecular complexity index is 1130. The zero-order valence-corrected chi connectivity index (χ0v) is 16.0. The van der Waals surface area contributed by atoms with Crippen LogP contribution < -0.4 is 9.62 Å². The van der Waals surface area contributed by atoms with E-state index < -0.39 is 11.0 Å². The van der Waals surface area contributed by atoms with Crippen LogP contribution in [0.2, 0.25) is 0 Å². The number of aromatic nitrogens is 3. The lowest BCUT2D eigenvalue weighted by molar-refractivity contribution is -0.114. The monoisotopic (exact) mass is 393 g/mol. The van der Waals surface area contributed by atoms with Crippen molar-refractivity contribution in [3.05, 3.63) is 48.9 Å². The number of fused-ring (bicyclic) bond motifs is 1. The Labute approximate surface area is 164 Å². The van der Waals surface area contributed by atoms with Crippen molar-refractivity contribution >= 4 is 38.5 Å². The molecule has 8 heteroatoms. The molecule has 3 aromatic rings. The van der Waals surface area contributed by atoms with Gasteiger partial charge in [0.05, 0.1) is 23.6 Å². The van der Waals surface area contributed by atoms with Crippen molar-refractivity contribution in [2.45, 2.75) is 19.3 Å². The van der Waals surface area contributed by atoms with Gasteiger partial charge in [0.15, 0.2) is 16.0 Å². The molecule has 1 atom stereocenters. The predicted octanol–water partition coefficient (Wildman–Crippen LogP) is 2.68. The minimum absolute atomic E-state index is 0.349. The highest BCUT2D eigenvalue weighted by Crippen LogP contribution is 2.29. The maximum Gasteiger partial charge on any atom is 0.258 e. The summed E-state index contributed by atoms with van der Waals surface area (Å²) in [6, 6.07) is 8.17. The highest BCUT2D eigenvalue weighted by Gasteiger charge is 2.23. The molecule has 0 radical (unpaired) electrons. The molecule has 5 rings (SSSR count). The van der Waals surface area contributed by atoms with E-state index in [-0.39, 0.29) is 5.91 Å². The molecular weight excluding hydrogens is 374 g/mol. The third-order valence-corrected chi connectivity index (χ3v) is 6.25. The van der Waals surface area contributed by atoms with E-state index in [1.165, 1.54) is 25.3 Å². The van der Waals surface area contributed by atoms with Crippen LogP contribution in [0.15, 0.2) is 48.9 Å².